The number of aromatic nitrogens is 1. The number of thiazole rings is 1. The second-order valence-electron chi connectivity index (χ2n) is 7.29. The summed E-state index contributed by atoms with van der Waals surface area (Å²) >= 11 is 3.05. The Morgan fingerprint density at radius 2 is 1.72 bits per heavy atom. The van der Waals surface area contributed by atoms with Crippen molar-refractivity contribution in [3.8, 4) is 21.1 Å². The first-order valence-electron chi connectivity index (χ1n) is 10.1. The van der Waals surface area contributed by atoms with Crippen LogP contribution in [0.25, 0.3) is 21.1 Å². The Morgan fingerprint density at radius 1 is 0.969 bits per heavy atom. The second-order valence-corrected chi connectivity index (χ2v) is 9.32. The van der Waals surface area contributed by atoms with Crippen LogP contribution >= 0.6 is 22.7 Å². The molecule has 1 N–H and O–H groups in total. The van der Waals surface area contributed by atoms with Gasteiger partial charge in [-0.1, -0.05) is 54.6 Å². The average Bonchev–Trinajstić information content (AvgIpc) is 3.46. The lowest BCUT2D eigenvalue weighted by Crippen LogP contribution is -2.22. The molecule has 32 heavy (non-hydrogen) atoms. The van der Waals surface area contributed by atoms with E-state index < -0.39 is 5.97 Å². The molecule has 5 nitrogen and oxygen atoms in total. The maximum Gasteiger partial charge on any atom is 0.311 e. The number of hydrogen-bond donors (Lipinski definition) is 1. The zero-order valence-electron chi connectivity index (χ0n) is 17.8. The number of thiophene rings is 1. The number of rotatable bonds is 7. The number of aryl methyl sites for hydroxylation is 2. The summed E-state index contributed by atoms with van der Waals surface area (Å²) in [5.41, 5.74) is 4.47. The highest BCUT2D eigenvalue weighted by Crippen LogP contribution is 2.36. The molecule has 0 bridgehead atoms. The monoisotopic (exact) mass is 462 g/mol. The molecule has 4 rings (SSSR count). The summed E-state index contributed by atoms with van der Waals surface area (Å²) in [6, 6.07) is 19.6. The molecule has 0 atom stereocenters. The highest BCUT2D eigenvalue weighted by atomic mass is 32.1. The molecule has 0 aliphatic rings. The Kier molecular flexibility index (Phi) is 6.78. The van der Waals surface area contributed by atoms with E-state index in [1.165, 1.54) is 11.3 Å². The first kappa shape index (κ1) is 21.9. The topological polar surface area (TPSA) is 68.3 Å². The van der Waals surface area contributed by atoms with Gasteiger partial charge in [0.1, 0.15) is 5.01 Å². The molecule has 2 heterocycles. The molecular formula is C25H22N2O3S2. The number of benzene rings is 2. The van der Waals surface area contributed by atoms with Gasteiger partial charge >= 0.3 is 5.97 Å². The number of esters is 1. The van der Waals surface area contributed by atoms with E-state index in [1.54, 1.807) is 11.3 Å². The van der Waals surface area contributed by atoms with E-state index in [2.05, 4.69) is 5.32 Å². The third kappa shape index (κ3) is 5.12. The summed E-state index contributed by atoms with van der Waals surface area (Å²) in [4.78, 5) is 31.5. The molecule has 0 unspecified atom stereocenters. The normalized spacial score (nSPS) is 10.7. The fraction of sp³-hybridized carbons (Fsp3) is 0.160. The van der Waals surface area contributed by atoms with Gasteiger partial charge in [0.15, 0.2) is 6.61 Å². The molecule has 0 aliphatic carbocycles. The molecule has 1 amide bonds. The van der Waals surface area contributed by atoms with Crippen molar-refractivity contribution in [2.24, 2.45) is 0 Å². The lowest BCUT2D eigenvalue weighted by atomic mass is 10.1. The molecule has 0 spiro atoms. The van der Waals surface area contributed by atoms with Crippen molar-refractivity contribution >= 4 is 40.2 Å². The van der Waals surface area contributed by atoms with Crippen molar-refractivity contribution in [2.45, 2.75) is 20.3 Å². The van der Waals surface area contributed by atoms with Crippen LogP contribution in [0.5, 0.6) is 0 Å². The molecule has 0 fully saturated rings. The zero-order valence-corrected chi connectivity index (χ0v) is 19.4. The number of amides is 1. The Hall–Kier alpha value is -3.29. The minimum Gasteiger partial charge on any atom is -0.455 e. The van der Waals surface area contributed by atoms with Crippen LogP contribution in [0.3, 0.4) is 0 Å². The van der Waals surface area contributed by atoms with Crippen molar-refractivity contribution in [1.82, 2.24) is 4.98 Å². The van der Waals surface area contributed by atoms with E-state index >= 15 is 0 Å². The van der Waals surface area contributed by atoms with Crippen LogP contribution in [0.15, 0.2) is 66.0 Å². The van der Waals surface area contributed by atoms with E-state index in [0.29, 0.717) is 0 Å². The molecule has 0 saturated carbocycles. The van der Waals surface area contributed by atoms with Crippen LogP contribution < -0.4 is 5.32 Å². The van der Waals surface area contributed by atoms with Crippen LogP contribution in [0.1, 0.15) is 16.0 Å². The summed E-state index contributed by atoms with van der Waals surface area (Å²) < 4.78 is 5.28. The summed E-state index contributed by atoms with van der Waals surface area (Å²) in [5.74, 6) is -0.814. The number of nitrogens with one attached hydrogen (secondary N) is 1. The number of para-hydroxylation sites is 1. The van der Waals surface area contributed by atoms with Gasteiger partial charge in [-0.25, -0.2) is 4.98 Å². The largest absolute Gasteiger partial charge is 0.455 e. The van der Waals surface area contributed by atoms with Crippen molar-refractivity contribution in [1.29, 1.82) is 0 Å². The van der Waals surface area contributed by atoms with Crippen LogP contribution in [0.2, 0.25) is 0 Å². The maximum absolute atomic E-state index is 12.6. The smallest absolute Gasteiger partial charge is 0.311 e. The van der Waals surface area contributed by atoms with Crippen LogP contribution in [-0.4, -0.2) is 23.5 Å². The van der Waals surface area contributed by atoms with Gasteiger partial charge in [0.2, 0.25) is 0 Å². The first-order chi connectivity index (χ1) is 15.5. The third-order valence-electron chi connectivity index (χ3n) is 4.89. The molecule has 0 saturated heterocycles. The van der Waals surface area contributed by atoms with Crippen molar-refractivity contribution in [3.63, 3.8) is 0 Å². The molecule has 7 heteroatoms. The highest BCUT2D eigenvalue weighted by molar-refractivity contribution is 7.17. The molecule has 4 aromatic rings. The van der Waals surface area contributed by atoms with Gasteiger partial charge < -0.3 is 10.1 Å². The number of ether oxygens (including phenoxy) is 1. The van der Waals surface area contributed by atoms with Crippen LogP contribution in [0.4, 0.5) is 5.69 Å². The zero-order chi connectivity index (χ0) is 22.5. The summed E-state index contributed by atoms with van der Waals surface area (Å²) in [5, 5.41) is 5.67. The fourth-order valence-electron chi connectivity index (χ4n) is 3.30. The van der Waals surface area contributed by atoms with Crippen molar-refractivity contribution in [2.75, 3.05) is 11.9 Å². The molecule has 2 aromatic carbocycles. The number of carbonyl (C=O) groups is 2. The third-order valence-corrected chi connectivity index (χ3v) is 6.87. The van der Waals surface area contributed by atoms with Gasteiger partial charge in [-0.15, -0.1) is 22.7 Å². The summed E-state index contributed by atoms with van der Waals surface area (Å²) in [6.45, 7) is 3.52. The van der Waals surface area contributed by atoms with E-state index in [0.717, 1.165) is 42.8 Å². The summed E-state index contributed by atoms with van der Waals surface area (Å²) in [6.07, 6.45) is 0.0639. The number of anilines is 1. The Labute approximate surface area is 194 Å². The molecule has 0 aliphatic heterocycles. The average molecular weight is 463 g/mol. The van der Waals surface area contributed by atoms with Gasteiger partial charge in [-0.05, 0) is 36.4 Å². The second kappa shape index (κ2) is 9.89. The highest BCUT2D eigenvalue weighted by Gasteiger charge is 2.19. The Balaban J connectivity index is 1.45. The van der Waals surface area contributed by atoms with Gasteiger partial charge in [-0.2, -0.15) is 0 Å². The minimum atomic E-state index is -0.456. The van der Waals surface area contributed by atoms with E-state index in [1.807, 2.05) is 79.9 Å². The number of carbonyl (C=O) groups excluding carboxylic acids is 2. The predicted octanol–water partition coefficient (Wildman–Crippen LogP) is 5.88. The van der Waals surface area contributed by atoms with Gasteiger partial charge in [-0.3, -0.25) is 9.59 Å². The number of hydrogen-bond acceptors (Lipinski definition) is 6. The van der Waals surface area contributed by atoms with Gasteiger partial charge in [0, 0.05) is 16.1 Å². The predicted molar refractivity (Wildman–Crippen MR) is 130 cm³/mol. The van der Waals surface area contributed by atoms with Crippen molar-refractivity contribution < 1.29 is 14.3 Å². The maximum atomic E-state index is 12.6. The quantitative estimate of drug-likeness (QED) is 0.348. The first-order valence-corrected chi connectivity index (χ1v) is 11.8. The van der Waals surface area contributed by atoms with Crippen LogP contribution in [0, 0.1) is 13.8 Å². The standard InChI is InChI=1S/C25H22N2O3S2/c1-16-8-6-9-17(2)23(16)26-21(28)15-30-22(29)14-20-24(19-12-7-13-31-19)27-25(32-20)18-10-4-3-5-11-18/h3-13H,14-15H2,1-2H3,(H,26,28). The number of nitrogens with zero attached hydrogens (tertiary/aromatic N) is 1. The Bertz CT molecular complexity index is 1210. The Morgan fingerprint density at radius 3 is 2.41 bits per heavy atom. The fourth-order valence-corrected chi connectivity index (χ4v) is 5.17. The van der Waals surface area contributed by atoms with Crippen LogP contribution in [-0.2, 0) is 20.7 Å². The van der Waals surface area contributed by atoms with Gasteiger partial charge in [0.05, 0.1) is 17.0 Å². The molecule has 2 aromatic heterocycles. The van der Waals surface area contributed by atoms with E-state index in [9.17, 15) is 9.59 Å². The lowest BCUT2D eigenvalue weighted by Gasteiger charge is -2.11. The lowest BCUT2D eigenvalue weighted by molar-refractivity contribution is -0.146. The molecule has 162 valence electrons. The van der Waals surface area contributed by atoms with Crippen molar-refractivity contribution in [3.05, 3.63) is 82.0 Å². The van der Waals surface area contributed by atoms with E-state index in [-0.39, 0.29) is 18.9 Å². The summed E-state index contributed by atoms with van der Waals surface area (Å²) in [7, 11) is 0. The van der Waals surface area contributed by atoms with Gasteiger partial charge in [0.25, 0.3) is 5.91 Å². The molecular weight excluding hydrogens is 440 g/mol. The SMILES string of the molecule is Cc1cccc(C)c1NC(=O)COC(=O)Cc1sc(-c2ccccc2)nc1-c1cccs1. The van der Waals surface area contributed by atoms with E-state index in [4.69, 9.17) is 9.72 Å². The molecule has 0 radical (unpaired) electrons. The minimum absolute atomic E-state index is 0.0639.